The number of aromatic nitrogens is 1. The normalized spacial score (nSPS) is 9.86. The topological polar surface area (TPSA) is 54.0 Å². The molecule has 0 saturated carbocycles. The third kappa shape index (κ3) is 5.47. The van der Waals surface area contributed by atoms with Crippen molar-refractivity contribution in [2.45, 2.75) is 12.8 Å². The predicted octanol–water partition coefficient (Wildman–Crippen LogP) is 2.24. The van der Waals surface area contributed by atoms with Gasteiger partial charge in [-0.1, -0.05) is 24.3 Å². The SMILES string of the molecule is CNCCc1ccccc1C(=O)NCCc1cccnc1.Cl. The Kier molecular flexibility index (Phi) is 8.18. The number of rotatable bonds is 7. The lowest BCUT2D eigenvalue weighted by molar-refractivity contribution is 0.0953. The number of nitrogens with zero attached hydrogens (tertiary/aromatic N) is 1. The Bertz CT molecular complexity index is 575. The van der Waals surface area contributed by atoms with Crippen molar-refractivity contribution < 1.29 is 4.79 Å². The quantitative estimate of drug-likeness (QED) is 0.823. The molecule has 0 aliphatic heterocycles. The van der Waals surface area contributed by atoms with Crippen molar-refractivity contribution in [3.8, 4) is 0 Å². The molecule has 0 aliphatic carbocycles. The summed E-state index contributed by atoms with van der Waals surface area (Å²) in [5.41, 5.74) is 2.96. The highest BCUT2D eigenvalue weighted by atomic mass is 35.5. The molecule has 0 fully saturated rings. The fourth-order valence-corrected chi connectivity index (χ4v) is 2.18. The van der Waals surface area contributed by atoms with Crippen LogP contribution in [-0.4, -0.2) is 31.0 Å². The first-order chi connectivity index (χ1) is 10.3. The Morgan fingerprint density at radius 1 is 1.09 bits per heavy atom. The lowest BCUT2D eigenvalue weighted by Gasteiger charge is -2.10. The molecular weight excluding hydrogens is 298 g/mol. The number of carbonyl (C=O) groups excluding carboxylic acids is 1. The van der Waals surface area contributed by atoms with Crippen LogP contribution < -0.4 is 10.6 Å². The molecule has 4 nitrogen and oxygen atoms in total. The van der Waals surface area contributed by atoms with E-state index >= 15 is 0 Å². The molecule has 1 heterocycles. The Labute approximate surface area is 137 Å². The Morgan fingerprint density at radius 3 is 2.64 bits per heavy atom. The fourth-order valence-electron chi connectivity index (χ4n) is 2.18. The van der Waals surface area contributed by atoms with Gasteiger partial charge in [0.15, 0.2) is 0 Å². The van der Waals surface area contributed by atoms with E-state index in [9.17, 15) is 4.79 Å². The van der Waals surface area contributed by atoms with Crippen LogP contribution in [-0.2, 0) is 12.8 Å². The maximum absolute atomic E-state index is 12.3. The molecule has 0 aliphatic rings. The predicted molar refractivity (Wildman–Crippen MR) is 91.6 cm³/mol. The molecule has 1 aromatic carbocycles. The van der Waals surface area contributed by atoms with Gasteiger partial charge in [-0.15, -0.1) is 12.4 Å². The van der Waals surface area contributed by atoms with Gasteiger partial charge in [-0.25, -0.2) is 0 Å². The van der Waals surface area contributed by atoms with Gasteiger partial charge in [0.25, 0.3) is 5.91 Å². The molecule has 0 spiro atoms. The summed E-state index contributed by atoms with van der Waals surface area (Å²) in [4.78, 5) is 16.3. The summed E-state index contributed by atoms with van der Waals surface area (Å²) in [5, 5.41) is 6.09. The Morgan fingerprint density at radius 2 is 1.91 bits per heavy atom. The van der Waals surface area contributed by atoms with Crippen molar-refractivity contribution in [1.82, 2.24) is 15.6 Å². The number of nitrogens with one attached hydrogen (secondary N) is 2. The summed E-state index contributed by atoms with van der Waals surface area (Å²) < 4.78 is 0. The van der Waals surface area contributed by atoms with Gasteiger partial charge in [-0.3, -0.25) is 9.78 Å². The molecule has 5 heteroatoms. The number of pyridine rings is 1. The van der Waals surface area contributed by atoms with E-state index in [1.807, 2.05) is 49.6 Å². The fraction of sp³-hybridized carbons (Fsp3) is 0.294. The van der Waals surface area contributed by atoms with E-state index in [0.717, 1.165) is 36.1 Å². The maximum atomic E-state index is 12.3. The molecule has 22 heavy (non-hydrogen) atoms. The van der Waals surface area contributed by atoms with Crippen LogP contribution in [0.2, 0.25) is 0 Å². The highest BCUT2D eigenvalue weighted by Crippen LogP contribution is 2.09. The van der Waals surface area contributed by atoms with E-state index in [-0.39, 0.29) is 18.3 Å². The number of hydrogen-bond acceptors (Lipinski definition) is 3. The van der Waals surface area contributed by atoms with Crippen molar-refractivity contribution in [2.24, 2.45) is 0 Å². The zero-order valence-corrected chi connectivity index (χ0v) is 13.5. The minimum atomic E-state index is -0.00871. The van der Waals surface area contributed by atoms with Crippen LogP contribution in [0, 0.1) is 0 Å². The largest absolute Gasteiger partial charge is 0.352 e. The van der Waals surface area contributed by atoms with Gasteiger partial charge in [0.2, 0.25) is 0 Å². The molecule has 0 saturated heterocycles. The molecule has 2 rings (SSSR count). The summed E-state index contributed by atoms with van der Waals surface area (Å²) in [6.45, 7) is 1.48. The van der Waals surface area contributed by atoms with E-state index < -0.39 is 0 Å². The van der Waals surface area contributed by atoms with Crippen LogP contribution in [0.1, 0.15) is 21.5 Å². The molecule has 2 aromatic rings. The molecule has 0 unspecified atom stereocenters. The summed E-state index contributed by atoms with van der Waals surface area (Å²) >= 11 is 0. The zero-order valence-electron chi connectivity index (χ0n) is 12.7. The minimum absolute atomic E-state index is 0. The lowest BCUT2D eigenvalue weighted by Crippen LogP contribution is -2.27. The van der Waals surface area contributed by atoms with Crippen molar-refractivity contribution in [3.63, 3.8) is 0 Å². The first-order valence-electron chi connectivity index (χ1n) is 7.21. The van der Waals surface area contributed by atoms with Crippen LogP contribution >= 0.6 is 12.4 Å². The molecule has 1 aromatic heterocycles. The first kappa shape index (κ1) is 18.1. The zero-order chi connectivity index (χ0) is 14.9. The van der Waals surface area contributed by atoms with Gasteiger partial charge in [0.1, 0.15) is 0 Å². The van der Waals surface area contributed by atoms with Crippen molar-refractivity contribution >= 4 is 18.3 Å². The number of amides is 1. The van der Waals surface area contributed by atoms with Crippen LogP contribution in [0.5, 0.6) is 0 Å². The molecule has 0 atom stereocenters. The number of hydrogen-bond donors (Lipinski definition) is 2. The van der Waals surface area contributed by atoms with Crippen molar-refractivity contribution in [1.29, 1.82) is 0 Å². The van der Waals surface area contributed by atoms with Crippen LogP contribution in [0.25, 0.3) is 0 Å². The van der Waals surface area contributed by atoms with Gasteiger partial charge in [-0.05, 0) is 49.7 Å². The number of halogens is 1. The number of benzene rings is 1. The highest BCUT2D eigenvalue weighted by Gasteiger charge is 2.09. The van der Waals surface area contributed by atoms with Gasteiger partial charge in [0, 0.05) is 24.5 Å². The average Bonchev–Trinajstić information content (AvgIpc) is 2.54. The van der Waals surface area contributed by atoms with Gasteiger partial charge >= 0.3 is 0 Å². The van der Waals surface area contributed by atoms with Gasteiger partial charge in [0.05, 0.1) is 0 Å². The molecule has 1 amide bonds. The highest BCUT2D eigenvalue weighted by molar-refractivity contribution is 5.95. The van der Waals surface area contributed by atoms with E-state index in [1.54, 1.807) is 6.20 Å². The number of carbonyl (C=O) groups is 1. The smallest absolute Gasteiger partial charge is 0.251 e. The van der Waals surface area contributed by atoms with Gasteiger partial charge < -0.3 is 10.6 Å². The Hall–Kier alpha value is -1.91. The summed E-state index contributed by atoms with van der Waals surface area (Å²) in [6.07, 6.45) is 5.22. The monoisotopic (exact) mass is 319 g/mol. The van der Waals surface area contributed by atoms with Crippen molar-refractivity contribution in [2.75, 3.05) is 20.1 Å². The summed E-state index contributed by atoms with van der Waals surface area (Å²) in [6, 6.07) is 11.7. The van der Waals surface area contributed by atoms with Crippen LogP contribution in [0.4, 0.5) is 0 Å². The first-order valence-corrected chi connectivity index (χ1v) is 7.21. The van der Waals surface area contributed by atoms with Crippen LogP contribution in [0.3, 0.4) is 0 Å². The minimum Gasteiger partial charge on any atom is -0.352 e. The molecule has 118 valence electrons. The summed E-state index contributed by atoms with van der Waals surface area (Å²) in [5.74, 6) is -0.00871. The second kappa shape index (κ2) is 9.92. The molecular formula is C17H22ClN3O. The van der Waals surface area contributed by atoms with Crippen molar-refractivity contribution in [3.05, 3.63) is 65.5 Å². The second-order valence-corrected chi connectivity index (χ2v) is 4.88. The van der Waals surface area contributed by atoms with E-state index in [0.29, 0.717) is 6.54 Å². The van der Waals surface area contributed by atoms with E-state index in [1.165, 1.54) is 0 Å². The van der Waals surface area contributed by atoms with E-state index in [2.05, 4.69) is 15.6 Å². The standard InChI is InChI=1S/C17H21N3O.ClH/c1-18-11-9-15-6-2-3-7-16(15)17(21)20-12-8-14-5-4-10-19-13-14;/h2-7,10,13,18H,8-9,11-12H2,1H3,(H,20,21);1H. The lowest BCUT2D eigenvalue weighted by atomic mass is 10.0. The van der Waals surface area contributed by atoms with Gasteiger partial charge in [-0.2, -0.15) is 0 Å². The average molecular weight is 320 g/mol. The second-order valence-electron chi connectivity index (χ2n) is 4.88. The third-order valence-electron chi connectivity index (χ3n) is 3.33. The number of likely N-dealkylation sites (N-methyl/N-ethyl adjacent to an activating group) is 1. The maximum Gasteiger partial charge on any atom is 0.251 e. The molecule has 0 bridgehead atoms. The molecule has 2 N–H and O–H groups in total. The van der Waals surface area contributed by atoms with Crippen LogP contribution in [0.15, 0.2) is 48.8 Å². The van der Waals surface area contributed by atoms with E-state index in [4.69, 9.17) is 0 Å². The molecule has 0 radical (unpaired) electrons. The third-order valence-corrected chi connectivity index (χ3v) is 3.33. The Balaban J connectivity index is 0.00000242. The summed E-state index contributed by atoms with van der Waals surface area (Å²) in [7, 11) is 1.91.